The van der Waals surface area contributed by atoms with Gasteiger partial charge < -0.3 is 0 Å². The summed E-state index contributed by atoms with van der Waals surface area (Å²) in [6.45, 7) is 0. The molecule has 1 aromatic carbocycles. The molecule has 2 heterocycles. The molecule has 0 amide bonds. The van der Waals surface area contributed by atoms with E-state index in [4.69, 9.17) is 23.2 Å². The van der Waals surface area contributed by atoms with Gasteiger partial charge in [-0.15, -0.1) is 34.5 Å². The van der Waals surface area contributed by atoms with Crippen molar-refractivity contribution in [1.82, 2.24) is 9.38 Å². The molecule has 0 radical (unpaired) electrons. The van der Waals surface area contributed by atoms with Crippen LogP contribution in [-0.4, -0.2) is 21.1 Å². The summed E-state index contributed by atoms with van der Waals surface area (Å²) in [5.74, 6) is 0.444. The first-order chi connectivity index (χ1) is 10.2. The van der Waals surface area contributed by atoms with Gasteiger partial charge in [-0.05, 0) is 17.7 Å². The van der Waals surface area contributed by atoms with Crippen LogP contribution in [0, 0.1) is 5.82 Å². The molecular formula is C15H13Cl2FN2S. The topological polar surface area (TPSA) is 17.3 Å². The first kappa shape index (κ1) is 14.8. The van der Waals surface area contributed by atoms with Gasteiger partial charge in [0.1, 0.15) is 5.82 Å². The molecular weight excluding hydrogens is 330 g/mol. The predicted molar refractivity (Wildman–Crippen MR) is 86.3 cm³/mol. The molecule has 2 aromatic heterocycles. The van der Waals surface area contributed by atoms with E-state index in [1.165, 1.54) is 12.1 Å². The van der Waals surface area contributed by atoms with Crippen molar-refractivity contribution in [2.24, 2.45) is 0 Å². The molecule has 0 spiro atoms. The minimum atomic E-state index is -0.444. The zero-order valence-electron chi connectivity index (χ0n) is 11.1. The van der Waals surface area contributed by atoms with Crippen LogP contribution in [0.4, 0.5) is 4.39 Å². The maximum Gasteiger partial charge on any atom is 0.193 e. The van der Waals surface area contributed by atoms with E-state index >= 15 is 0 Å². The Bertz CT molecular complexity index is 703. The van der Waals surface area contributed by atoms with Crippen LogP contribution in [0.25, 0.3) is 4.96 Å². The summed E-state index contributed by atoms with van der Waals surface area (Å²) in [7, 11) is 0. The van der Waals surface area contributed by atoms with E-state index < -0.39 is 5.41 Å². The van der Waals surface area contributed by atoms with Crippen molar-refractivity contribution in [1.29, 1.82) is 0 Å². The monoisotopic (exact) mass is 342 g/mol. The number of hydrogen-bond donors (Lipinski definition) is 0. The minimum absolute atomic E-state index is 0.265. The molecule has 0 aliphatic heterocycles. The number of aromatic nitrogens is 2. The minimum Gasteiger partial charge on any atom is -0.297 e. The summed E-state index contributed by atoms with van der Waals surface area (Å²) in [6.07, 6.45) is 4.58. The van der Waals surface area contributed by atoms with Crippen molar-refractivity contribution in [2.45, 2.75) is 11.8 Å². The molecule has 0 bridgehead atoms. The molecule has 0 saturated heterocycles. The van der Waals surface area contributed by atoms with Gasteiger partial charge in [0, 0.05) is 41.4 Å². The fourth-order valence-corrected chi connectivity index (χ4v) is 3.90. The molecule has 0 atom stereocenters. The average molecular weight is 343 g/mol. The van der Waals surface area contributed by atoms with Crippen LogP contribution in [0.2, 0.25) is 0 Å². The Morgan fingerprint density at radius 1 is 1.19 bits per heavy atom. The third kappa shape index (κ3) is 2.80. The van der Waals surface area contributed by atoms with Gasteiger partial charge in [-0.25, -0.2) is 9.37 Å². The number of halogens is 3. The molecule has 0 unspecified atom stereocenters. The van der Waals surface area contributed by atoms with Crippen molar-refractivity contribution < 1.29 is 4.39 Å². The quantitative estimate of drug-likeness (QED) is 0.624. The number of nitrogens with zero attached hydrogens (tertiary/aromatic N) is 2. The fraction of sp³-hybridized carbons (Fsp3) is 0.267. The van der Waals surface area contributed by atoms with E-state index in [1.807, 2.05) is 22.2 Å². The molecule has 0 fully saturated rings. The van der Waals surface area contributed by atoms with Crippen molar-refractivity contribution >= 4 is 39.5 Å². The zero-order valence-corrected chi connectivity index (χ0v) is 13.4. The second-order valence-electron chi connectivity index (χ2n) is 5.06. The lowest BCUT2D eigenvalue weighted by Crippen LogP contribution is -2.33. The first-order valence-electron chi connectivity index (χ1n) is 6.46. The molecule has 0 aliphatic carbocycles. The predicted octanol–water partition coefficient (Wildman–Crippen LogP) is 4.49. The highest BCUT2D eigenvalue weighted by molar-refractivity contribution is 7.15. The van der Waals surface area contributed by atoms with Gasteiger partial charge in [-0.3, -0.25) is 4.40 Å². The van der Waals surface area contributed by atoms with Gasteiger partial charge in [0.2, 0.25) is 0 Å². The fourth-order valence-electron chi connectivity index (χ4n) is 2.40. The van der Waals surface area contributed by atoms with Crippen molar-refractivity contribution in [3.8, 4) is 0 Å². The van der Waals surface area contributed by atoms with Crippen molar-refractivity contribution in [3.63, 3.8) is 0 Å². The third-order valence-electron chi connectivity index (χ3n) is 3.63. The van der Waals surface area contributed by atoms with Gasteiger partial charge in [0.15, 0.2) is 4.96 Å². The first-order valence-corrected chi connectivity index (χ1v) is 8.41. The maximum atomic E-state index is 13.1. The number of rotatable bonds is 5. The largest absolute Gasteiger partial charge is 0.297 e. The highest BCUT2D eigenvalue weighted by Crippen LogP contribution is 2.32. The van der Waals surface area contributed by atoms with E-state index in [0.717, 1.165) is 16.2 Å². The van der Waals surface area contributed by atoms with Crippen LogP contribution in [0.3, 0.4) is 0 Å². The van der Waals surface area contributed by atoms with E-state index in [2.05, 4.69) is 4.98 Å². The SMILES string of the molecule is Fc1ccc(C(CCl)(CCl)Cc2cn3ccsc3n2)cc1. The Hall–Kier alpha value is -1.10. The lowest BCUT2D eigenvalue weighted by atomic mass is 9.80. The standard InChI is InChI=1S/C15H13Cl2FN2S/c16-9-15(10-17,11-1-3-12(18)4-2-11)7-13-8-20-5-6-21-14(20)19-13/h1-6,8H,7,9-10H2. The summed E-state index contributed by atoms with van der Waals surface area (Å²) in [6, 6.07) is 6.38. The molecule has 21 heavy (non-hydrogen) atoms. The van der Waals surface area contributed by atoms with Gasteiger partial charge in [-0.1, -0.05) is 12.1 Å². The Labute approximate surface area is 136 Å². The second-order valence-corrected chi connectivity index (χ2v) is 6.46. The summed E-state index contributed by atoms with van der Waals surface area (Å²) < 4.78 is 15.1. The van der Waals surface area contributed by atoms with Crippen LogP contribution in [-0.2, 0) is 11.8 Å². The Kier molecular flexibility index (Phi) is 4.20. The lowest BCUT2D eigenvalue weighted by Gasteiger charge is -2.29. The average Bonchev–Trinajstić information content (AvgIpc) is 3.07. The highest BCUT2D eigenvalue weighted by Gasteiger charge is 2.32. The normalized spacial score (nSPS) is 12.1. The Morgan fingerprint density at radius 2 is 1.90 bits per heavy atom. The second kappa shape index (κ2) is 5.95. The van der Waals surface area contributed by atoms with Crippen molar-refractivity contribution in [3.05, 3.63) is 59.1 Å². The van der Waals surface area contributed by atoms with Crippen LogP contribution in [0.5, 0.6) is 0 Å². The van der Waals surface area contributed by atoms with Crippen LogP contribution in [0.1, 0.15) is 11.3 Å². The summed E-state index contributed by atoms with van der Waals surface area (Å²) in [4.78, 5) is 5.53. The van der Waals surface area contributed by atoms with Gasteiger partial charge in [0.05, 0.1) is 5.69 Å². The number of imidazole rings is 1. The summed E-state index contributed by atoms with van der Waals surface area (Å²) >= 11 is 14.0. The summed E-state index contributed by atoms with van der Waals surface area (Å²) in [5.41, 5.74) is 1.43. The molecule has 0 saturated carbocycles. The van der Waals surface area contributed by atoms with E-state index in [0.29, 0.717) is 18.2 Å². The van der Waals surface area contributed by atoms with E-state index in [1.54, 1.807) is 23.5 Å². The third-order valence-corrected chi connectivity index (χ3v) is 5.42. The van der Waals surface area contributed by atoms with Gasteiger partial charge in [-0.2, -0.15) is 0 Å². The molecule has 3 rings (SSSR count). The number of benzene rings is 1. The Morgan fingerprint density at radius 3 is 2.52 bits per heavy atom. The molecule has 6 heteroatoms. The number of alkyl halides is 2. The molecule has 3 aromatic rings. The maximum absolute atomic E-state index is 13.1. The summed E-state index contributed by atoms with van der Waals surface area (Å²) in [5, 5.41) is 1.99. The Balaban J connectivity index is 1.96. The van der Waals surface area contributed by atoms with Gasteiger partial charge >= 0.3 is 0 Å². The number of hydrogen-bond acceptors (Lipinski definition) is 2. The molecule has 0 aliphatic rings. The number of thiazole rings is 1. The lowest BCUT2D eigenvalue weighted by molar-refractivity contribution is 0.528. The van der Waals surface area contributed by atoms with E-state index in [9.17, 15) is 4.39 Å². The molecule has 110 valence electrons. The van der Waals surface area contributed by atoms with Crippen LogP contribution >= 0.6 is 34.5 Å². The molecule has 2 nitrogen and oxygen atoms in total. The van der Waals surface area contributed by atoms with Crippen LogP contribution < -0.4 is 0 Å². The molecule has 0 N–H and O–H groups in total. The van der Waals surface area contributed by atoms with Crippen LogP contribution in [0.15, 0.2) is 42.0 Å². The smallest absolute Gasteiger partial charge is 0.193 e. The highest BCUT2D eigenvalue weighted by atomic mass is 35.5. The zero-order chi connectivity index (χ0) is 14.9. The van der Waals surface area contributed by atoms with Crippen molar-refractivity contribution in [2.75, 3.05) is 11.8 Å². The number of fused-ring (bicyclic) bond motifs is 1. The van der Waals surface area contributed by atoms with E-state index in [-0.39, 0.29) is 5.82 Å². The van der Waals surface area contributed by atoms with Gasteiger partial charge in [0.25, 0.3) is 0 Å².